The quantitative estimate of drug-likeness (QED) is 0.848. The van der Waals surface area contributed by atoms with Gasteiger partial charge in [-0.3, -0.25) is 4.79 Å². The average Bonchev–Trinajstić information content (AvgIpc) is 2.80. The summed E-state index contributed by atoms with van der Waals surface area (Å²) in [5, 5.41) is 2.87. The Morgan fingerprint density at radius 2 is 1.76 bits per heavy atom. The zero-order chi connectivity index (χ0) is 18.4. The molecule has 6 heteroatoms. The fourth-order valence-corrected chi connectivity index (χ4v) is 2.81. The van der Waals surface area contributed by atoms with Crippen LogP contribution in [-0.4, -0.2) is 62.1 Å². The first-order chi connectivity index (χ1) is 11.8. The molecule has 0 bridgehead atoms. The summed E-state index contributed by atoms with van der Waals surface area (Å²) < 4.78 is 5.46. The summed E-state index contributed by atoms with van der Waals surface area (Å²) in [6.45, 7) is 8.95. The Hall–Kier alpha value is -2.08. The van der Waals surface area contributed by atoms with E-state index in [9.17, 15) is 9.59 Å². The molecule has 0 unspecified atom stereocenters. The molecule has 1 aliphatic heterocycles. The highest BCUT2D eigenvalue weighted by atomic mass is 16.6. The van der Waals surface area contributed by atoms with Crippen LogP contribution in [0.4, 0.5) is 10.5 Å². The number of carbonyl (C=O) groups excluding carboxylic acids is 2. The summed E-state index contributed by atoms with van der Waals surface area (Å²) in [6, 6.07) is 7.69. The summed E-state index contributed by atoms with van der Waals surface area (Å²) in [4.78, 5) is 28.1. The van der Waals surface area contributed by atoms with Gasteiger partial charge in [0.2, 0.25) is 0 Å². The smallest absolute Gasteiger partial charge is 0.410 e. The molecule has 1 aromatic rings. The van der Waals surface area contributed by atoms with Gasteiger partial charge in [0.1, 0.15) is 5.60 Å². The summed E-state index contributed by atoms with van der Waals surface area (Å²) >= 11 is 0. The predicted molar refractivity (Wildman–Crippen MR) is 99.3 cm³/mol. The number of anilines is 1. The second kappa shape index (κ2) is 8.34. The Labute approximate surface area is 150 Å². The third-order valence-corrected chi connectivity index (χ3v) is 4.04. The van der Waals surface area contributed by atoms with Gasteiger partial charge in [-0.25, -0.2) is 4.79 Å². The fraction of sp³-hybridized carbons (Fsp3) is 0.579. The maximum atomic E-state index is 12.2. The van der Waals surface area contributed by atoms with Gasteiger partial charge in [-0.2, -0.15) is 0 Å². The first-order valence-electron chi connectivity index (χ1n) is 8.81. The fourth-order valence-electron chi connectivity index (χ4n) is 2.81. The van der Waals surface area contributed by atoms with Crippen LogP contribution in [0.15, 0.2) is 24.3 Å². The van der Waals surface area contributed by atoms with Gasteiger partial charge in [-0.1, -0.05) is 0 Å². The molecule has 1 amide bonds. The molecule has 0 saturated carbocycles. The van der Waals surface area contributed by atoms with Crippen LogP contribution >= 0.6 is 0 Å². The van der Waals surface area contributed by atoms with E-state index < -0.39 is 5.60 Å². The highest BCUT2D eigenvalue weighted by molar-refractivity contribution is 5.97. The van der Waals surface area contributed by atoms with Crippen molar-refractivity contribution in [2.24, 2.45) is 0 Å². The number of likely N-dealkylation sites (N-methyl/N-ethyl adjacent to an activating group) is 1. The molecule has 0 radical (unpaired) electrons. The largest absolute Gasteiger partial charge is 0.444 e. The summed E-state index contributed by atoms with van der Waals surface area (Å²) in [6.07, 6.45) is 0.641. The van der Waals surface area contributed by atoms with Crippen LogP contribution in [0.2, 0.25) is 0 Å². The Balaban J connectivity index is 1.96. The van der Waals surface area contributed by atoms with Gasteiger partial charge < -0.3 is 19.9 Å². The van der Waals surface area contributed by atoms with Gasteiger partial charge in [0.25, 0.3) is 0 Å². The molecular formula is C19H29N3O3. The first-order valence-corrected chi connectivity index (χ1v) is 8.81. The van der Waals surface area contributed by atoms with Crippen molar-refractivity contribution in [3.8, 4) is 0 Å². The van der Waals surface area contributed by atoms with E-state index in [1.54, 1.807) is 11.9 Å². The standard InChI is InChI=1S/C19H29N3O3/c1-19(2,3)25-18(24)22-11-5-10-21(12-13-22)16-8-6-15(7-9-16)17(23)14-20-4/h6-9,20H,5,10-14H2,1-4H3. The highest BCUT2D eigenvalue weighted by Gasteiger charge is 2.24. The van der Waals surface area contributed by atoms with E-state index in [2.05, 4.69) is 10.2 Å². The number of rotatable bonds is 4. The van der Waals surface area contributed by atoms with Gasteiger partial charge in [-0.15, -0.1) is 0 Å². The monoisotopic (exact) mass is 347 g/mol. The van der Waals surface area contributed by atoms with Crippen molar-refractivity contribution >= 4 is 17.6 Å². The van der Waals surface area contributed by atoms with Crippen molar-refractivity contribution in [2.45, 2.75) is 32.8 Å². The number of carbonyl (C=O) groups is 2. The third-order valence-electron chi connectivity index (χ3n) is 4.04. The molecule has 1 aliphatic rings. The Morgan fingerprint density at radius 1 is 1.08 bits per heavy atom. The topological polar surface area (TPSA) is 61.9 Å². The highest BCUT2D eigenvalue weighted by Crippen LogP contribution is 2.19. The molecule has 1 aromatic carbocycles. The number of ether oxygens (including phenoxy) is 1. The second-order valence-corrected chi connectivity index (χ2v) is 7.31. The van der Waals surface area contributed by atoms with Crippen molar-refractivity contribution in [1.29, 1.82) is 0 Å². The molecule has 0 aliphatic carbocycles. The van der Waals surface area contributed by atoms with E-state index in [4.69, 9.17) is 4.74 Å². The molecular weight excluding hydrogens is 318 g/mol. The number of nitrogens with one attached hydrogen (secondary N) is 1. The van der Waals surface area contributed by atoms with E-state index in [1.165, 1.54) is 0 Å². The molecule has 1 fully saturated rings. The lowest BCUT2D eigenvalue weighted by Crippen LogP contribution is -2.39. The number of hydrogen-bond donors (Lipinski definition) is 1. The van der Waals surface area contributed by atoms with Crippen LogP contribution in [0.5, 0.6) is 0 Å². The lowest BCUT2D eigenvalue weighted by molar-refractivity contribution is 0.0263. The minimum absolute atomic E-state index is 0.0843. The minimum atomic E-state index is -0.473. The molecule has 25 heavy (non-hydrogen) atoms. The van der Waals surface area contributed by atoms with E-state index >= 15 is 0 Å². The summed E-state index contributed by atoms with van der Waals surface area (Å²) in [5.74, 6) is 0.0843. The summed E-state index contributed by atoms with van der Waals surface area (Å²) in [7, 11) is 1.76. The maximum Gasteiger partial charge on any atom is 0.410 e. The lowest BCUT2D eigenvalue weighted by atomic mass is 10.1. The predicted octanol–water partition coefficient (Wildman–Crippen LogP) is 2.54. The number of hydrogen-bond acceptors (Lipinski definition) is 5. The number of Topliss-reactive ketones (excluding diaryl/α,β-unsaturated/α-hetero) is 1. The molecule has 1 saturated heterocycles. The maximum absolute atomic E-state index is 12.2. The third kappa shape index (κ3) is 5.74. The van der Waals surface area contributed by atoms with Gasteiger partial charge in [0.05, 0.1) is 6.54 Å². The van der Waals surface area contributed by atoms with Gasteiger partial charge in [-0.05, 0) is 58.5 Å². The molecule has 0 atom stereocenters. The normalized spacial score (nSPS) is 15.7. The van der Waals surface area contributed by atoms with Crippen molar-refractivity contribution in [2.75, 3.05) is 44.7 Å². The number of amides is 1. The Kier molecular flexibility index (Phi) is 6.42. The molecule has 0 spiro atoms. The second-order valence-electron chi connectivity index (χ2n) is 7.31. The molecule has 138 valence electrons. The zero-order valence-corrected chi connectivity index (χ0v) is 15.7. The van der Waals surface area contributed by atoms with Crippen LogP contribution in [0.25, 0.3) is 0 Å². The number of ketones is 1. The lowest BCUT2D eigenvalue weighted by Gasteiger charge is -2.27. The zero-order valence-electron chi connectivity index (χ0n) is 15.7. The van der Waals surface area contributed by atoms with Gasteiger partial charge >= 0.3 is 6.09 Å². The van der Waals surface area contributed by atoms with Crippen LogP contribution < -0.4 is 10.2 Å². The minimum Gasteiger partial charge on any atom is -0.444 e. The first kappa shape index (κ1) is 19.2. The van der Waals surface area contributed by atoms with Crippen molar-refractivity contribution < 1.29 is 14.3 Å². The number of nitrogens with zero attached hydrogens (tertiary/aromatic N) is 2. The van der Waals surface area contributed by atoms with E-state index in [0.717, 1.165) is 25.2 Å². The Bertz CT molecular complexity index is 593. The van der Waals surface area contributed by atoms with Crippen molar-refractivity contribution in [3.05, 3.63) is 29.8 Å². The number of benzene rings is 1. The summed E-state index contributed by atoms with van der Waals surface area (Å²) in [5.41, 5.74) is 1.31. The van der Waals surface area contributed by atoms with E-state index in [-0.39, 0.29) is 11.9 Å². The van der Waals surface area contributed by atoms with E-state index in [1.807, 2.05) is 45.0 Å². The molecule has 1 heterocycles. The van der Waals surface area contributed by atoms with Crippen LogP contribution in [0.3, 0.4) is 0 Å². The molecule has 1 N–H and O–H groups in total. The van der Waals surface area contributed by atoms with Gasteiger partial charge in [0.15, 0.2) is 5.78 Å². The van der Waals surface area contributed by atoms with Gasteiger partial charge in [0, 0.05) is 37.4 Å². The van der Waals surface area contributed by atoms with E-state index in [0.29, 0.717) is 25.2 Å². The molecule has 0 aromatic heterocycles. The molecule has 2 rings (SSSR count). The van der Waals surface area contributed by atoms with Crippen LogP contribution in [-0.2, 0) is 4.74 Å². The molecule has 6 nitrogen and oxygen atoms in total. The SMILES string of the molecule is CNCC(=O)c1ccc(N2CCCN(C(=O)OC(C)(C)C)CC2)cc1. The average molecular weight is 347 g/mol. The van der Waals surface area contributed by atoms with Crippen molar-refractivity contribution in [1.82, 2.24) is 10.2 Å². The van der Waals surface area contributed by atoms with Crippen LogP contribution in [0, 0.1) is 0 Å². The van der Waals surface area contributed by atoms with Crippen molar-refractivity contribution in [3.63, 3.8) is 0 Å². The Morgan fingerprint density at radius 3 is 2.36 bits per heavy atom. The van der Waals surface area contributed by atoms with Crippen LogP contribution in [0.1, 0.15) is 37.6 Å².